The molecule has 5 heteroatoms. The molecule has 2 aliphatic heterocycles. The van der Waals surface area contributed by atoms with Crippen LogP contribution in [0.4, 0.5) is 0 Å². The van der Waals surface area contributed by atoms with Gasteiger partial charge >= 0.3 is 5.97 Å². The minimum atomic E-state index is -0.471. The number of esters is 1. The summed E-state index contributed by atoms with van der Waals surface area (Å²) in [6, 6.07) is 0. The van der Waals surface area contributed by atoms with Gasteiger partial charge in [0.25, 0.3) is 0 Å². The summed E-state index contributed by atoms with van der Waals surface area (Å²) in [7, 11) is 5.64. The maximum absolute atomic E-state index is 12.9. The van der Waals surface area contributed by atoms with Crippen LogP contribution in [-0.2, 0) is 19.0 Å². The molecule has 6 atom stereocenters. The smallest absolute Gasteiger partial charge is 0.309 e. The Kier molecular flexibility index (Phi) is 4.92. The molecule has 5 rings (SSSR count). The Hall–Kier alpha value is -0.910. The molecule has 0 amide bonds. The molecule has 3 aliphatic carbocycles. The molecule has 3 fully saturated rings. The minimum absolute atomic E-state index is 0.00118. The fourth-order valence-corrected chi connectivity index (χ4v) is 8.56. The van der Waals surface area contributed by atoms with Crippen molar-refractivity contribution in [2.75, 3.05) is 41.0 Å². The highest BCUT2D eigenvalue weighted by molar-refractivity contribution is 5.75. The second-order valence-electron chi connectivity index (χ2n) is 11.1. The van der Waals surface area contributed by atoms with Gasteiger partial charge in [0.1, 0.15) is 0 Å². The number of rotatable bonds is 3. The summed E-state index contributed by atoms with van der Waals surface area (Å²) in [6.07, 6.45) is 7.79. The molecule has 30 heavy (non-hydrogen) atoms. The maximum Gasteiger partial charge on any atom is 0.309 e. The monoisotopic (exact) mass is 417 g/mol. The second kappa shape index (κ2) is 7.05. The molecule has 1 saturated carbocycles. The zero-order valence-electron chi connectivity index (χ0n) is 19.5. The molecule has 0 aromatic heterocycles. The van der Waals surface area contributed by atoms with Gasteiger partial charge in [0, 0.05) is 43.4 Å². The average molecular weight is 418 g/mol. The summed E-state index contributed by atoms with van der Waals surface area (Å²) in [4.78, 5) is 15.4. The van der Waals surface area contributed by atoms with Crippen molar-refractivity contribution in [3.8, 4) is 0 Å². The van der Waals surface area contributed by atoms with E-state index in [0.717, 1.165) is 45.4 Å². The van der Waals surface area contributed by atoms with Crippen LogP contribution in [0.25, 0.3) is 0 Å². The van der Waals surface area contributed by atoms with Gasteiger partial charge in [-0.05, 0) is 57.4 Å². The van der Waals surface area contributed by atoms with Gasteiger partial charge in [0.2, 0.25) is 0 Å². The van der Waals surface area contributed by atoms with E-state index in [9.17, 15) is 4.79 Å². The van der Waals surface area contributed by atoms with Gasteiger partial charge in [0.05, 0.1) is 19.6 Å². The van der Waals surface area contributed by atoms with Gasteiger partial charge in [-0.25, -0.2) is 0 Å². The number of ether oxygens (including phenoxy) is 3. The third-order valence-electron chi connectivity index (χ3n) is 9.90. The molecule has 0 aromatic rings. The normalized spacial score (nSPS) is 45.7. The third-order valence-corrected chi connectivity index (χ3v) is 9.90. The summed E-state index contributed by atoms with van der Waals surface area (Å²) in [6.45, 7) is 7.36. The van der Waals surface area contributed by atoms with Crippen molar-refractivity contribution in [1.29, 1.82) is 0 Å². The van der Waals surface area contributed by atoms with Crippen molar-refractivity contribution in [3.63, 3.8) is 0 Å². The number of carbonyl (C=O) groups excluding carboxylic acids is 1. The Morgan fingerprint density at radius 2 is 1.97 bits per heavy atom. The molecule has 0 N–H and O–H groups in total. The van der Waals surface area contributed by atoms with E-state index in [4.69, 9.17) is 14.2 Å². The van der Waals surface area contributed by atoms with E-state index in [1.54, 1.807) is 25.4 Å². The van der Waals surface area contributed by atoms with E-state index in [1.807, 2.05) is 0 Å². The first-order valence-electron chi connectivity index (χ1n) is 12.0. The van der Waals surface area contributed by atoms with Gasteiger partial charge in [-0.15, -0.1) is 0 Å². The van der Waals surface area contributed by atoms with Crippen LogP contribution < -0.4 is 0 Å². The quantitative estimate of drug-likeness (QED) is 0.513. The molecule has 5 aliphatic rings. The van der Waals surface area contributed by atoms with Crippen LogP contribution in [0, 0.1) is 34.5 Å². The van der Waals surface area contributed by atoms with Gasteiger partial charge in [-0.3, -0.25) is 4.79 Å². The Balaban J connectivity index is 1.61. The van der Waals surface area contributed by atoms with Crippen molar-refractivity contribution in [3.05, 3.63) is 11.1 Å². The van der Waals surface area contributed by atoms with Crippen molar-refractivity contribution < 1.29 is 19.0 Å². The van der Waals surface area contributed by atoms with Crippen LogP contribution in [0.5, 0.6) is 0 Å². The molecular formula is C25H39NO4. The van der Waals surface area contributed by atoms with Gasteiger partial charge in [0.15, 0.2) is 5.79 Å². The van der Waals surface area contributed by atoms with Gasteiger partial charge in [-0.1, -0.05) is 25.0 Å². The summed E-state index contributed by atoms with van der Waals surface area (Å²) >= 11 is 0. The van der Waals surface area contributed by atoms with Crippen LogP contribution in [0.3, 0.4) is 0 Å². The fourth-order valence-electron chi connectivity index (χ4n) is 8.56. The lowest BCUT2D eigenvalue weighted by Gasteiger charge is -2.62. The number of hydrogen-bond acceptors (Lipinski definition) is 5. The molecule has 6 unspecified atom stereocenters. The highest BCUT2D eigenvalue weighted by Crippen LogP contribution is 2.72. The first-order valence-corrected chi connectivity index (χ1v) is 12.0. The second-order valence-corrected chi connectivity index (χ2v) is 11.1. The van der Waals surface area contributed by atoms with Crippen molar-refractivity contribution in [2.45, 2.75) is 64.6 Å². The van der Waals surface area contributed by atoms with E-state index in [0.29, 0.717) is 17.8 Å². The lowest BCUT2D eigenvalue weighted by atomic mass is 9.50. The van der Waals surface area contributed by atoms with Crippen LogP contribution in [0.2, 0.25) is 0 Å². The number of piperidine rings is 1. The van der Waals surface area contributed by atoms with E-state index < -0.39 is 5.79 Å². The van der Waals surface area contributed by atoms with Crippen molar-refractivity contribution >= 4 is 5.97 Å². The SMILES string of the molecule is COC(=O)C1CC23CN(C)CC(CCC4=C2C1CC4)C31CCC(OC)(C(C)C)OC1. The lowest BCUT2D eigenvalue weighted by Crippen LogP contribution is -2.64. The lowest BCUT2D eigenvalue weighted by molar-refractivity contribution is -0.311. The van der Waals surface area contributed by atoms with E-state index in [1.165, 1.54) is 19.3 Å². The Morgan fingerprint density at radius 3 is 2.60 bits per heavy atom. The molecule has 0 aromatic carbocycles. The highest BCUT2D eigenvalue weighted by atomic mass is 16.7. The summed E-state index contributed by atoms with van der Waals surface area (Å²) in [5.74, 6) is 0.868. The average Bonchev–Trinajstić information content (AvgIpc) is 3.28. The Morgan fingerprint density at radius 1 is 1.20 bits per heavy atom. The fraction of sp³-hybridized carbons (Fsp3) is 0.880. The molecule has 5 nitrogen and oxygen atoms in total. The number of methoxy groups -OCH3 is 2. The summed E-state index contributed by atoms with van der Waals surface area (Å²) < 4.78 is 18.0. The van der Waals surface area contributed by atoms with Gasteiger partial charge < -0.3 is 19.1 Å². The molecule has 2 saturated heterocycles. The van der Waals surface area contributed by atoms with E-state index >= 15 is 0 Å². The molecule has 2 spiro atoms. The van der Waals surface area contributed by atoms with Gasteiger partial charge in [-0.2, -0.15) is 0 Å². The summed E-state index contributed by atoms with van der Waals surface area (Å²) in [5, 5.41) is 0. The van der Waals surface area contributed by atoms with Crippen LogP contribution >= 0.6 is 0 Å². The molecule has 2 heterocycles. The predicted molar refractivity (Wildman–Crippen MR) is 115 cm³/mol. The first-order chi connectivity index (χ1) is 14.3. The van der Waals surface area contributed by atoms with E-state index in [-0.39, 0.29) is 22.7 Å². The molecule has 2 bridgehead atoms. The number of carbonyl (C=O) groups is 1. The number of likely N-dealkylation sites (tertiary alicyclic amines) is 1. The zero-order chi connectivity index (χ0) is 21.3. The van der Waals surface area contributed by atoms with Crippen LogP contribution in [0.15, 0.2) is 11.1 Å². The van der Waals surface area contributed by atoms with Crippen molar-refractivity contribution in [1.82, 2.24) is 4.90 Å². The third kappa shape index (κ3) is 2.55. The largest absolute Gasteiger partial charge is 0.469 e. The standard InChI is InChI=1S/C25H39NO4/c1-16(2)25(29-5)11-10-23(15-30-25)18-8-6-17-7-9-19-20(22(27)28-4)12-24(23,21(17)19)14-26(3)13-18/h16,18-20H,6-15H2,1-5H3. The minimum Gasteiger partial charge on any atom is -0.469 e. The highest BCUT2D eigenvalue weighted by Gasteiger charge is 2.69. The Bertz CT molecular complexity index is 750. The summed E-state index contributed by atoms with van der Waals surface area (Å²) in [5.41, 5.74) is 3.49. The first kappa shape index (κ1) is 21.0. The predicted octanol–water partition coefficient (Wildman–Crippen LogP) is 4.02. The maximum atomic E-state index is 12.9. The Labute approximate surface area is 181 Å². The van der Waals surface area contributed by atoms with E-state index in [2.05, 4.69) is 25.8 Å². The number of allylic oxidation sites excluding steroid dienone is 1. The topological polar surface area (TPSA) is 48.0 Å². The molecule has 168 valence electrons. The van der Waals surface area contributed by atoms with Crippen LogP contribution in [0.1, 0.15) is 58.8 Å². The number of hydrogen-bond donors (Lipinski definition) is 0. The van der Waals surface area contributed by atoms with Crippen molar-refractivity contribution in [2.24, 2.45) is 34.5 Å². The molecule has 0 radical (unpaired) electrons. The molecular weight excluding hydrogens is 378 g/mol. The van der Waals surface area contributed by atoms with Crippen LogP contribution in [-0.4, -0.2) is 57.6 Å². The zero-order valence-corrected chi connectivity index (χ0v) is 19.5. The number of nitrogens with zero attached hydrogens (tertiary/aromatic N) is 1.